The first kappa shape index (κ1) is 25.2. The first-order valence-electron chi connectivity index (χ1n) is 10.3. The zero-order valence-electron chi connectivity index (χ0n) is 19.1. The molecule has 0 fully saturated rings. The fraction of sp³-hybridized carbons (Fsp3) is 0.292. The minimum absolute atomic E-state index is 0.120. The summed E-state index contributed by atoms with van der Waals surface area (Å²) in [6, 6.07) is 7.40. The van der Waals surface area contributed by atoms with Gasteiger partial charge in [0.05, 0.1) is 33.6 Å². The van der Waals surface area contributed by atoms with Crippen LogP contribution in [0, 0.1) is 13.8 Å². The minimum atomic E-state index is -4.53. The maximum absolute atomic E-state index is 13.3. The van der Waals surface area contributed by atoms with Gasteiger partial charge in [0.2, 0.25) is 0 Å². The number of hydrogen-bond acceptors (Lipinski definition) is 5. The van der Waals surface area contributed by atoms with Crippen molar-refractivity contribution in [1.29, 1.82) is 0 Å². The number of rotatable bonds is 7. The highest BCUT2D eigenvalue weighted by Crippen LogP contribution is 2.33. The zero-order valence-corrected chi connectivity index (χ0v) is 19.9. The highest BCUT2D eigenvalue weighted by atomic mass is 32.1. The quantitative estimate of drug-likeness (QED) is 0.410. The SMILES string of the molecule is C=C(CC(C)NC(=O)c1ccc(C)cc1NC(=O)c1c(OC)ccc2nc(C)sc12)C(F)(F)F. The summed E-state index contributed by atoms with van der Waals surface area (Å²) in [5.74, 6) is -0.757. The molecule has 0 aliphatic rings. The van der Waals surface area contributed by atoms with Gasteiger partial charge in [0.15, 0.2) is 0 Å². The number of ether oxygens (including phenoxy) is 1. The Morgan fingerprint density at radius 2 is 1.88 bits per heavy atom. The van der Waals surface area contributed by atoms with Crippen LogP contribution in [0.25, 0.3) is 10.2 Å². The lowest BCUT2D eigenvalue weighted by Crippen LogP contribution is -2.34. The smallest absolute Gasteiger partial charge is 0.412 e. The van der Waals surface area contributed by atoms with Gasteiger partial charge in [-0.25, -0.2) is 4.98 Å². The standard InChI is InChI=1S/C24H24F3N3O3S/c1-12-6-7-16(22(31)28-14(3)11-13(2)24(25,26)27)18(10-12)30-23(32)20-19(33-5)9-8-17-21(20)34-15(4)29-17/h6-10,14H,2,11H2,1,3-5H3,(H,28,31)(H,30,32). The van der Waals surface area contributed by atoms with Crippen LogP contribution >= 0.6 is 11.3 Å². The summed E-state index contributed by atoms with van der Waals surface area (Å²) in [5.41, 5.74) is 1.13. The van der Waals surface area contributed by atoms with Crippen molar-refractivity contribution in [2.75, 3.05) is 12.4 Å². The van der Waals surface area contributed by atoms with Crippen LogP contribution in [-0.2, 0) is 0 Å². The average molecular weight is 492 g/mol. The van der Waals surface area contributed by atoms with E-state index in [1.807, 2.05) is 6.92 Å². The van der Waals surface area contributed by atoms with Crippen molar-refractivity contribution >= 4 is 39.1 Å². The number of anilines is 1. The van der Waals surface area contributed by atoms with E-state index in [1.54, 1.807) is 31.2 Å². The molecule has 0 aliphatic heterocycles. The normalized spacial score (nSPS) is 12.3. The van der Waals surface area contributed by atoms with Crippen molar-refractivity contribution in [3.63, 3.8) is 0 Å². The van der Waals surface area contributed by atoms with Gasteiger partial charge in [-0.2, -0.15) is 13.2 Å². The largest absolute Gasteiger partial charge is 0.496 e. The highest BCUT2D eigenvalue weighted by Gasteiger charge is 2.32. The first-order valence-corrected chi connectivity index (χ1v) is 11.1. The molecule has 1 aromatic heterocycles. The molecule has 180 valence electrons. The van der Waals surface area contributed by atoms with E-state index in [9.17, 15) is 22.8 Å². The lowest BCUT2D eigenvalue weighted by molar-refractivity contribution is -0.0941. The van der Waals surface area contributed by atoms with Crippen molar-refractivity contribution in [3.05, 3.63) is 64.2 Å². The Labute approximate surface area is 198 Å². The number of aromatic nitrogens is 1. The average Bonchev–Trinajstić information content (AvgIpc) is 3.11. The summed E-state index contributed by atoms with van der Waals surface area (Å²) in [6.45, 7) is 8.12. The molecule has 1 unspecified atom stereocenters. The van der Waals surface area contributed by atoms with Crippen LogP contribution in [0.4, 0.5) is 18.9 Å². The van der Waals surface area contributed by atoms with Gasteiger partial charge in [0.1, 0.15) is 11.3 Å². The molecule has 2 N–H and O–H groups in total. The Morgan fingerprint density at radius 1 is 1.18 bits per heavy atom. The van der Waals surface area contributed by atoms with Crippen LogP contribution in [0.3, 0.4) is 0 Å². The van der Waals surface area contributed by atoms with Gasteiger partial charge in [-0.05, 0) is 57.0 Å². The van der Waals surface area contributed by atoms with E-state index in [0.717, 1.165) is 10.6 Å². The van der Waals surface area contributed by atoms with Gasteiger partial charge in [-0.3, -0.25) is 9.59 Å². The third kappa shape index (κ3) is 5.56. The molecule has 10 heteroatoms. The molecule has 0 saturated carbocycles. The molecule has 0 radical (unpaired) electrons. The second-order valence-electron chi connectivity index (χ2n) is 7.91. The summed E-state index contributed by atoms with van der Waals surface area (Å²) in [5, 5.41) is 6.09. The molecule has 0 aliphatic carbocycles. The van der Waals surface area contributed by atoms with Gasteiger partial charge >= 0.3 is 6.18 Å². The van der Waals surface area contributed by atoms with E-state index in [1.165, 1.54) is 31.4 Å². The number of hydrogen-bond donors (Lipinski definition) is 2. The molecule has 3 rings (SSSR count). The molecule has 2 aromatic carbocycles. The molecule has 1 heterocycles. The van der Waals surface area contributed by atoms with E-state index in [2.05, 4.69) is 22.2 Å². The highest BCUT2D eigenvalue weighted by molar-refractivity contribution is 7.19. The van der Waals surface area contributed by atoms with Crippen molar-refractivity contribution in [2.24, 2.45) is 0 Å². The van der Waals surface area contributed by atoms with E-state index < -0.39 is 36.0 Å². The van der Waals surface area contributed by atoms with Crippen LogP contribution < -0.4 is 15.4 Å². The second-order valence-corrected chi connectivity index (χ2v) is 9.11. The third-order valence-electron chi connectivity index (χ3n) is 5.07. The molecule has 2 amide bonds. The molecule has 1 atom stereocenters. The number of benzene rings is 2. The van der Waals surface area contributed by atoms with Crippen molar-refractivity contribution < 1.29 is 27.5 Å². The maximum atomic E-state index is 13.3. The predicted molar refractivity (Wildman–Crippen MR) is 127 cm³/mol. The van der Waals surface area contributed by atoms with E-state index in [0.29, 0.717) is 16.0 Å². The Balaban J connectivity index is 1.89. The molecule has 34 heavy (non-hydrogen) atoms. The molecular weight excluding hydrogens is 467 g/mol. The van der Waals surface area contributed by atoms with Gasteiger partial charge in [-0.1, -0.05) is 12.6 Å². The monoisotopic (exact) mass is 491 g/mol. The zero-order chi connectivity index (χ0) is 25.2. The van der Waals surface area contributed by atoms with E-state index >= 15 is 0 Å². The fourth-order valence-electron chi connectivity index (χ4n) is 3.45. The number of alkyl halides is 3. The Kier molecular flexibility index (Phi) is 7.30. The Hall–Kier alpha value is -3.40. The van der Waals surface area contributed by atoms with Crippen LogP contribution in [0.1, 0.15) is 44.6 Å². The number of nitrogens with zero attached hydrogens (tertiary/aromatic N) is 1. The van der Waals surface area contributed by atoms with Crippen molar-refractivity contribution in [1.82, 2.24) is 10.3 Å². The summed E-state index contributed by atoms with van der Waals surface area (Å²) in [7, 11) is 1.45. The summed E-state index contributed by atoms with van der Waals surface area (Å²) in [6.07, 6.45) is -4.98. The maximum Gasteiger partial charge on any atom is 0.412 e. The predicted octanol–water partition coefficient (Wildman–Crippen LogP) is 5.80. The summed E-state index contributed by atoms with van der Waals surface area (Å²) in [4.78, 5) is 30.6. The van der Waals surface area contributed by atoms with Gasteiger partial charge < -0.3 is 15.4 Å². The van der Waals surface area contributed by atoms with Gasteiger partial charge in [-0.15, -0.1) is 11.3 Å². The Morgan fingerprint density at radius 3 is 2.53 bits per heavy atom. The Bertz CT molecular complexity index is 1270. The summed E-state index contributed by atoms with van der Waals surface area (Å²) < 4.78 is 44.4. The van der Waals surface area contributed by atoms with Crippen LogP contribution in [0.2, 0.25) is 0 Å². The van der Waals surface area contributed by atoms with Crippen molar-refractivity contribution in [3.8, 4) is 5.75 Å². The number of nitrogens with one attached hydrogen (secondary N) is 2. The van der Waals surface area contributed by atoms with Crippen molar-refractivity contribution in [2.45, 2.75) is 39.4 Å². The number of halogens is 3. The molecule has 6 nitrogen and oxygen atoms in total. The number of fused-ring (bicyclic) bond motifs is 1. The molecule has 0 saturated heterocycles. The molecular formula is C24H24F3N3O3S. The number of methoxy groups -OCH3 is 1. The van der Waals surface area contributed by atoms with E-state index in [-0.39, 0.29) is 16.8 Å². The van der Waals surface area contributed by atoms with Crippen LogP contribution in [-0.4, -0.2) is 36.1 Å². The van der Waals surface area contributed by atoms with Crippen LogP contribution in [0.5, 0.6) is 5.75 Å². The summed E-state index contributed by atoms with van der Waals surface area (Å²) >= 11 is 1.35. The lowest BCUT2D eigenvalue weighted by atomic mass is 10.1. The van der Waals surface area contributed by atoms with Gasteiger partial charge in [0, 0.05) is 11.6 Å². The first-order chi connectivity index (χ1) is 15.9. The third-order valence-corrected chi connectivity index (χ3v) is 6.08. The second kappa shape index (κ2) is 9.84. The minimum Gasteiger partial charge on any atom is -0.496 e. The topological polar surface area (TPSA) is 80.3 Å². The number of aryl methyl sites for hydroxylation is 2. The molecule has 3 aromatic rings. The number of amides is 2. The van der Waals surface area contributed by atoms with E-state index in [4.69, 9.17) is 4.74 Å². The number of thiazole rings is 1. The van der Waals surface area contributed by atoms with Gasteiger partial charge in [0.25, 0.3) is 11.8 Å². The fourth-order valence-corrected chi connectivity index (χ4v) is 4.41. The number of carbonyl (C=O) groups excluding carboxylic acids is 2. The van der Waals surface area contributed by atoms with Crippen LogP contribution in [0.15, 0.2) is 42.5 Å². The number of carbonyl (C=O) groups is 2. The lowest BCUT2D eigenvalue weighted by Gasteiger charge is -2.19. The molecule has 0 spiro atoms. The molecule has 0 bridgehead atoms.